The number of fused-ring (bicyclic) bond motifs is 1. The molecule has 0 bridgehead atoms. The van der Waals surface area contributed by atoms with Gasteiger partial charge in [-0.3, -0.25) is 4.79 Å². The summed E-state index contributed by atoms with van der Waals surface area (Å²) in [6.45, 7) is 3.46. The Labute approximate surface area is 107 Å². The fourth-order valence-corrected chi connectivity index (χ4v) is 2.92. The number of hydrogen-bond acceptors (Lipinski definition) is 3. The minimum Gasteiger partial charge on any atom is -0.481 e. The molecule has 4 heteroatoms. The maximum absolute atomic E-state index is 11.0. The Morgan fingerprint density at radius 2 is 1.94 bits per heavy atom. The molecule has 1 atom stereocenters. The second-order valence-electron chi connectivity index (χ2n) is 5.14. The summed E-state index contributed by atoms with van der Waals surface area (Å²) in [7, 11) is 0. The smallest absolute Gasteiger partial charge is 0.307 e. The Kier molecular flexibility index (Phi) is 3.06. The monoisotopic (exact) mass is 246 g/mol. The van der Waals surface area contributed by atoms with Gasteiger partial charge in [-0.1, -0.05) is 24.3 Å². The standard InChI is InChI=1S/C14H18N2O2/c17-14(18)13-6-8-16(10-13)15-7-5-11-3-1-2-4-12(11)9-15/h1-4,13H,5-10H2,(H,17,18). The van der Waals surface area contributed by atoms with Crippen molar-refractivity contribution in [3.05, 3.63) is 35.4 Å². The molecule has 2 aliphatic heterocycles. The van der Waals surface area contributed by atoms with Gasteiger partial charge in [-0.15, -0.1) is 0 Å². The summed E-state index contributed by atoms with van der Waals surface area (Å²) in [4.78, 5) is 11.0. The summed E-state index contributed by atoms with van der Waals surface area (Å²) in [5, 5.41) is 13.6. The first-order valence-electron chi connectivity index (χ1n) is 6.53. The quantitative estimate of drug-likeness (QED) is 0.856. The lowest BCUT2D eigenvalue weighted by Gasteiger charge is -2.35. The first kappa shape index (κ1) is 11.7. The van der Waals surface area contributed by atoms with Gasteiger partial charge in [0.25, 0.3) is 0 Å². The molecule has 1 aromatic rings. The Hall–Kier alpha value is -1.39. The number of hydrazine groups is 1. The van der Waals surface area contributed by atoms with Crippen molar-refractivity contribution in [1.82, 2.24) is 10.0 Å². The van der Waals surface area contributed by atoms with Gasteiger partial charge in [0, 0.05) is 26.2 Å². The van der Waals surface area contributed by atoms with Gasteiger partial charge in [-0.25, -0.2) is 10.0 Å². The average molecular weight is 246 g/mol. The fraction of sp³-hybridized carbons (Fsp3) is 0.500. The molecule has 18 heavy (non-hydrogen) atoms. The van der Waals surface area contributed by atoms with Gasteiger partial charge in [0.1, 0.15) is 0 Å². The van der Waals surface area contributed by atoms with E-state index in [1.807, 2.05) is 0 Å². The maximum Gasteiger partial charge on any atom is 0.307 e. The summed E-state index contributed by atoms with van der Waals surface area (Å²) in [5.74, 6) is -0.850. The van der Waals surface area contributed by atoms with E-state index in [-0.39, 0.29) is 5.92 Å². The van der Waals surface area contributed by atoms with E-state index in [2.05, 4.69) is 34.3 Å². The molecule has 1 unspecified atom stereocenters. The predicted octanol–water partition coefficient (Wildman–Crippen LogP) is 1.37. The lowest BCUT2D eigenvalue weighted by Crippen LogP contribution is -2.44. The van der Waals surface area contributed by atoms with E-state index in [0.717, 1.165) is 32.5 Å². The topological polar surface area (TPSA) is 43.8 Å². The van der Waals surface area contributed by atoms with E-state index in [1.165, 1.54) is 11.1 Å². The molecule has 0 radical (unpaired) electrons. The second-order valence-corrected chi connectivity index (χ2v) is 5.14. The van der Waals surface area contributed by atoms with E-state index in [9.17, 15) is 4.79 Å². The van der Waals surface area contributed by atoms with Crippen LogP contribution in [-0.4, -0.2) is 40.7 Å². The van der Waals surface area contributed by atoms with Crippen molar-refractivity contribution in [3.8, 4) is 0 Å². The first-order valence-corrected chi connectivity index (χ1v) is 6.53. The van der Waals surface area contributed by atoms with Crippen LogP contribution >= 0.6 is 0 Å². The lowest BCUT2D eigenvalue weighted by molar-refractivity contribution is -0.141. The summed E-state index contributed by atoms with van der Waals surface area (Å²) in [6.07, 6.45) is 1.83. The van der Waals surface area contributed by atoms with E-state index >= 15 is 0 Å². The number of carboxylic acids is 1. The number of hydrogen-bond donors (Lipinski definition) is 1. The van der Waals surface area contributed by atoms with Crippen LogP contribution in [0.5, 0.6) is 0 Å². The third-order valence-electron chi connectivity index (χ3n) is 4.03. The molecule has 2 aliphatic rings. The van der Waals surface area contributed by atoms with Crippen molar-refractivity contribution >= 4 is 5.97 Å². The molecule has 4 nitrogen and oxygen atoms in total. The van der Waals surface area contributed by atoms with Crippen molar-refractivity contribution < 1.29 is 9.90 Å². The number of nitrogens with zero attached hydrogens (tertiary/aromatic N) is 2. The average Bonchev–Trinajstić information content (AvgIpc) is 2.88. The molecular formula is C14H18N2O2. The normalized spacial score (nSPS) is 25.0. The van der Waals surface area contributed by atoms with Crippen LogP contribution in [0.2, 0.25) is 0 Å². The molecule has 0 spiro atoms. The van der Waals surface area contributed by atoms with Gasteiger partial charge < -0.3 is 5.11 Å². The number of benzene rings is 1. The van der Waals surface area contributed by atoms with E-state index in [1.54, 1.807) is 0 Å². The Morgan fingerprint density at radius 1 is 1.17 bits per heavy atom. The molecular weight excluding hydrogens is 228 g/mol. The van der Waals surface area contributed by atoms with Crippen LogP contribution in [0.15, 0.2) is 24.3 Å². The largest absolute Gasteiger partial charge is 0.481 e. The Morgan fingerprint density at radius 3 is 2.67 bits per heavy atom. The van der Waals surface area contributed by atoms with E-state index in [4.69, 9.17) is 5.11 Å². The number of carbonyl (C=O) groups is 1. The Balaban J connectivity index is 1.68. The van der Waals surface area contributed by atoms with Crippen molar-refractivity contribution in [2.24, 2.45) is 5.92 Å². The molecule has 1 aromatic carbocycles. The highest BCUT2D eigenvalue weighted by atomic mass is 16.4. The summed E-state index contributed by atoms with van der Waals surface area (Å²) in [6, 6.07) is 8.53. The predicted molar refractivity (Wildman–Crippen MR) is 67.9 cm³/mol. The summed E-state index contributed by atoms with van der Waals surface area (Å²) >= 11 is 0. The minimum atomic E-state index is -0.657. The van der Waals surface area contributed by atoms with Crippen molar-refractivity contribution in [1.29, 1.82) is 0 Å². The van der Waals surface area contributed by atoms with Gasteiger partial charge in [-0.2, -0.15) is 0 Å². The lowest BCUT2D eigenvalue weighted by atomic mass is 10.0. The van der Waals surface area contributed by atoms with Crippen LogP contribution in [-0.2, 0) is 17.8 Å². The van der Waals surface area contributed by atoms with Crippen LogP contribution < -0.4 is 0 Å². The molecule has 1 saturated heterocycles. The zero-order chi connectivity index (χ0) is 12.5. The molecule has 1 fully saturated rings. The molecule has 0 aromatic heterocycles. The molecule has 3 rings (SSSR count). The molecule has 0 aliphatic carbocycles. The second kappa shape index (κ2) is 4.71. The number of carboxylic acid groups (broad SMARTS) is 1. The van der Waals surface area contributed by atoms with Gasteiger partial charge in [0.15, 0.2) is 0 Å². The molecule has 96 valence electrons. The summed E-state index contributed by atoms with van der Waals surface area (Å²) < 4.78 is 0. The zero-order valence-corrected chi connectivity index (χ0v) is 10.4. The number of rotatable bonds is 2. The van der Waals surface area contributed by atoms with Crippen LogP contribution in [0.4, 0.5) is 0 Å². The van der Waals surface area contributed by atoms with Crippen LogP contribution in [0.1, 0.15) is 17.5 Å². The van der Waals surface area contributed by atoms with Gasteiger partial charge in [0.05, 0.1) is 5.92 Å². The van der Waals surface area contributed by atoms with Crippen LogP contribution in [0.3, 0.4) is 0 Å². The first-order chi connectivity index (χ1) is 8.74. The van der Waals surface area contributed by atoms with Crippen molar-refractivity contribution in [3.63, 3.8) is 0 Å². The van der Waals surface area contributed by atoms with Crippen molar-refractivity contribution in [2.75, 3.05) is 19.6 Å². The molecule has 0 amide bonds. The zero-order valence-electron chi connectivity index (χ0n) is 10.4. The fourth-order valence-electron chi connectivity index (χ4n) is 2.92. The van der Waals surface area contributed by atoms with Crippen LogP contribution in [0.25, 0.3) is 0 Å². The molecule has 0 saturated carbocycles. The molecule has 1 N–H and O–H groups in total. The third kappa shape index (κ3) is 2.13. The third-order valence-corrected chi connectivity index (χ3v) is 4.03. The minimum absolute atomic E-state index is 0.192. The Bertz CT molecular complexity index is 461. The van der Waals surface area contributed by atoms with Crippen molar-refractivity contribution in [2.45, 2.75) is 19.4 Å². The number of aliphatic carboxylic acids is 1. The molecule has 2 heterocycles. The maximum atomic E-state index is 11.0. The van der Waals surface area contributed by atoms with Gasteiger partial charge >= 0.3 is 5.97 Å². The van der Waals surface area contributed by atoms with Gasteiger partial charge in [0.2, 0.25) is 0 Å². The highest BCUT2D eigenvalue weighted by Gasteiger charge is 2.32. The van der Waals surface area contributed by atoms with Crippen LogP contribution in [0, 0.1) is 5.92 Å². The SMILES string of the molecule is O=C(O)C1CCN(N2CCc3ccccc3C2)C1. The highest BCUT2D eigenvalue weighted by Crippen LogP contribution is 2.24. The summed E-state index contributed by atoms with van der Waals surface area (Å²) in [5.41, 5.74) is 2.81. The van der Waals surface area contributed by atoms with E-state index < -0.39 is 5.97 Å². The van der Waals surface area contributed by atoms with Gasteiger partial charge in [-0.05, 0) is 24.0 Å². The van der Waals surface area contributed by atoms with E-state index in [0.29, 0.717) is 6.54 Å². The highest BCUT2D eigenvalue weighted by molar-refractivity contribution is 5.70.